The Bertz CT molecular complexity index is 842. The van der Waals surface area contributed by atoms with E-state index in [1.54, 1.807) is 0 Å². The summed E-state index contributed by atoms with van der Waals surface area (Å²) in [4.78, 5) is 9.73. The van der Waals surface area contributed by atoms with Gasteiger partial charge in [0.25, 0.3) is 0 Å². The molecule has 3 aliphatic heterocycles. The Kier molecular flexibility index (Phi) is 6.29. The summed E-state index contributed by atoms with van der Waals surface area (Å²) in [6, 6.07) is 5.88. The minimum Gasteiger partial charge on any atom is -0.378 e. The molecule has 1 aromatic rings. The molecule has 5 fully saturated rings. The van der Waals surface area contributed by atoms with Crippen LogP contribution in [0.3, 0.4) is 0 Å². The van der Waals surface area contributed by atoms with Crippen LogP contribution < -0.4 is 16.2 Å². The summed E-state index contributed by atoms with van der Waals surface area (Å²) in [6.45, 7) is 6.41. The quantitative estimate of drug-likeness (QED) is 0.538. The van der Waals surface area contributed by atoms with Crippen molar-refractivity contribution >= 4 is 5.69 Å². The molecule has 1 aromatic heterocycles. The lowest BCUT2D eigenvalue weighted by molar-refractivity contribution is -0.0516. The first kappa shape index (κ1) is 23.1. The van der Waals surface area contributed by atoms with E-state index in [1.807, 2.05) is 6.20 Å². The van der Waals surface area contributed by atoms with E-state index >= 15 is 4.39 Å². The number of pyridine rings is 1. The first-order valence-corrected chi connectivity index (χ1v) is 13.5. The summed E-state index contributed by atoms with van der Waals surface area (Å²) in [5.41, 5.74) is 8.06. The second-order valence-electron chi connectivity index (χ2n) is 11.7. The molecular formula is C26H40F2N6. The van der Waals surface area contributed by atoms with Gasteiger partial charge in [-0.3, -0.25) is 30.0 Å². The fourth-order valence-electron chi connectivity index (χ4n) is 7.28. The predicted octanol–water partition coefficient (Wildman–Crippen LogP) is 3.29. The third-order valence-corrected chi connectivity index (χ3v) is 9.28. The molecule has 0 radical (unpaired) electrons. The van der Waals surface area contributed by atoms with E-state index in [0.29, 0.717) is 61.7 Å². The summed E-state index contributed by atoms with van der Waals surface area (Å²) < 4.78 is 27.4. The van der Waals surface area contributed by atoms with E-state index in [-0.39, 0.29) is 12.7 Å². The SMILES string of the molecule is C[C@@H]1CC2C3CNNC3CCC2[C@@H](c2ccc(NC3CN(CCCF)C3)cn2)N1CC1(F)CC1. The number of hydrogen-bond acceptors (Lipinski definition) is 6. The maximum atomic E-state index is 15.0. The van der Waals surface area contributed by atoms with Gasteiger partial charge in [0.1, 0.15) is 5.67 Å². The molecule has 6 nitrogen and oxygen atoms in total. The zero-order chi connectivity index (χ0) is 23.3. The number of hydrazine groups is 1. The second kappa shape index (κ2) is 9.26. The fraction of sp³-hybridized carbons (Fsp3) is 0.808. The van der Waals surface area contributed by atoms with E-state index in [0.717, 1.165) is 44.0 Å². The second-order valence-corrected chi connectivity index (χ2v) is 11.7. The van der Waals surface area contributed by atoms with Crippen LogP contribution in [0.1, 0.15) is 57.2 Å². The number of alkyl halides is 2. The highest BCUT2D eigenvalue weighted by molar-refractivity contribution is 5.43. The maximum Gasteiger partial charge on any atom is 0.123 e. The number of nitrogens with zero attached hydrogens (tertiary/aromatic N) is 3. The zero-order valence-electron chi connectivity index (χ0n) is 20.4. The molecule has 0 aromatic carbocycles. The molecule has 0 spiro atoms. The first-order chi connectivity index (χ1) is 16.5. The van der Waals surface area contributed by atoms with Gasteiger partial charge in [0.2, 0.25) is 0 Å². The van der Waals surface area contributed by atoms with Crippen LogP contribution in [0.4, 0.5) is 14.5 Å². The topological polar surface area (TPSA) is 55.5 Å². The highest BCUT2D eigenvalue weighted by atomic mass is 19.1. The molecule has 6 rings (SSSR count). The van der Waals surface area contributed by atoms with Gasteiger partial charge in [-0.15, -0.1) is 0 Å². The van der Waals surface area contributed by atoms with Crippen molar-refractivity contribution in [1.82, 2.24) is 25.6 Å². The Balaban J connectivity index is 1.18. The Morgan fingerprint density at radius 2 is 2.03 bits per heavy atom. The summed E-state index contributed by atoms with van der Waals surface area (Å²) in [5.74, 6) is 1.84. The molecule has 4 heterocycles. The molecule has 188 valence electrons. The summed E-state index contributed by atoms with van der Waals surface area (Å²) >= 11 is 0. The zero-order valence-corrected chi connectivity index (χ0v) is 20.4. The van der Waals surface area contributed by atoms with E-state index < -0.39 is 5.67 Å². The summed E-state index contributed by atoms with van der Waals surface area (Å²) in [7, 11) is 0. The van der Waals surface area contributed by atoms with Gasteiger partial charge in [0.15, 0.2) is 0 Å². The van der Waals surface area contributed by atoms with Gasteiger partial charge in [-0.05, 0) is 75.3 Å². The monoisotopic (exact) mass is 474 g/mol. The normalized spacial score (nSPS) is 37.6. The Morgan fingerprint density at radius 1 is 1.18 bits per heavy atom. The van der Waals surface area contributed by atoms with Crippen LogP contribution in [-0.4, -0.2) is 78.0 Å². The highest BCUT2D eigenvalue weighted by Gasteiger charge is 2.54. The molecule has 34 heavy (non-hydrogen) atoms. The van der Waals surface area contributed by atoms with Crippen LogP contribution in [0.15, 0.2) is 18.3 Å². The molecular weight excluding hydrogens is 434 g/mol. The Morgan fingerprint density at radius 3 is 2.76 bits per heavy atom. The molecule has 6 atom stereocenters. The number of aromatic nitrogens is 1. The third-order valence-electron chi connectivity index (χ3n) is 9.28. The lowest BCUT2D eigenvalue weighted by atomic mass is 9.62. The van der Waals surface area contributed by atoms with Gasteiger partial charge in [0.05, 0.1) is 36.3 Å². The van der Waals surface area contributed by atoms with Crippen LogP contribution in [0.5, 0.6) is 0 Å². The highest BCUT2D eigenvalue weighted by Crippen LogP contribution is 2.53. The Labute approximate surface area is 202 Å². The summed E-state index contributed by atoms with van der Waals surface area (Å²) in [5, 5.41) is 3.58. The van der Waals surface area contributed by atoms with Crippen LogP contribution in [-0.2, 0) is 0 Å². The minimum atomic E-state index is -0.993. The average molecular weight is 475 g/mol. The Hall–Kier alpha value is -1.35. The van der Waals surface area contributed by atoms with Gasteiger partial charge in [-0.1, -0.05) is 0 Å². The van der Waals surface area contributed by atoms with E-state index in [1.165, 1.54) is 12.8 Å². The molecule has 2 saturated carbocycles. The number of piperidine rings is 1. The van der Waals surface area contributed by atoms with Crippen molar-refractivity contribution in [1.29, 1.82) is 0 Å². The van der Waals surface area contributed by atoms with Crippen LogP contribution in [0, 0.1) is 17.8 Å². The number of hydrogen-bond donors (Lipinski definition) is 3. The number of fused-ring (bicyclic) bond motifs is 3. The molecule has 0 bridgehead atoms. The predicted molar refractivity (Wildman–Crippen MR) is 130 cm³/mol. The first-order valence-electron chi connectivity index (χ1n) is 13.5. The van der Waals surface area contributed by atoms with Gasteiger partial charge in [0, 0.05) is 44.8 Å². The largest absolute Gasteiger partial charge is 0.378 e. The van der Waals surface area contributed by atoms with Crippen molar-refractivity contribution in [2.75, 3.05) is 44.7 Å². The van der Waals surface area contributed by atoms with E-state index in [4.69, 9.17) is 4.98 Å². The van der Waals surface area contributed by atoms with Crippen molar-refractivity contribution in [3.8, 4) is 0 Å². The third kappa shape index (κ3) is 4.47. The molecule has 3 saturated heterocycles. The van der Waals surface area contributed by atoms with Crippen molar-refractivity contribution < 1.29 is 8.78 Å². The van der Waals surface area contributed by atoms with Gasteiger partial charge in [-0.25, -0.2) is 4.39 Å². The smallest absolute Gasteiger partial charge is 0.123 e. The van der Waals surface area contributed by atoms with Gasteiger partial charge >= 0.3 is 0 Å². The number of halogens is 2. The van der Waals surface area contributed by atoms with Crippen LogP contribution >= 0.6 is 0 Å². The van der Waals surface area contributed by atoms with E-state index in [9.17, 15) is 4.39 Å². The number of nitrogens with one attached hydrogen (secondary N) is 3. The number of rotatable bonds is 8. The molecule has 0 amide bonds. The van der Waals surface area contributed by atoms with Crippen molar-refractivity contribution in [3.63, 3.8) is 0 Å². The average Bonchev–Trinajstić information content (AvgIpc) is 3.33. The lowest BCUT2D eigenvalue weighted by Crippen LogP contribution is -2.55. The molecule has 2 aliphatic carbocycles. The van der Waals surface area contributed by atoms with Crippen LogP contribution in [0.2, 0.25) is 0 Å². The molecule has 5 aliphatic rings. The van der Waals surface area contributed by atoms with E-state index in [2.05, 4.69) is 45.0 Å². The molecule has 4 unspecified atom stereocenters. The molecule has 3 N–H and O–H groups in total. The number of likely N-dealkylation sites (tertiary alicyclic amines) is 2. The lowest BCUT2D eigenvalue weighted by Gasteiger charge is -2.54. The maximum absolute atomic E-state index is 15.0. The van der Waals surface area contributed by atoms with Crippen LogP contribution in [0.25, 0.3) is 0 Å². The number of anilines is 1. The molecule has 8 heteroatoms. The fourth-order valence-corrected chi connectivity index (χ4v) is 7.28. The minimum absolute atomic E-state index is 0.192. The van der Waals surface area contributed by atoms with Crippen molar-refractivity contribution in [3.05, 3.63) is 24.0 Å². The summed E-state index contributed by atoms with van der Waals surface area (Å²) in [6.07, 6.45) is 7.51. The van der Waals surface area contributed by atoms with Crippen molar-refractivity contribution in [2.45, 2.75) is 75.3 Å². The standard InChI is InChI=1S/C26H40F2N6/c1-17-11-21-20(4-6-23-22(21)13-30-32-23)25(34(17)16-26(28)7-8-26)24-5-3-18(12-29-24)31-19-14-33(15-19)10-2-9-27/h3,5,12,17,19-23,25,30-32H,2,4,6-11,13-16H2,1H3/t17-,20?,21?,22?,23?,25+/m1/s1. The van der Waals surface area contributed by atoms with Gasteiger partial charge < -0.3 is 5.32 Å². The van der Waals surface area contributed by atoms with Crippen molar-refractivity contribution in [2.24, 2.45) is 17.8 Å². The van der Waals surface area contributed by atoms with Gasteiger partial charge in [-0.2, -0.15) is 0 Å².